The first-order valence-corrected chi connectivity index (χ1v) is 9.25. The Morgan fingerprint density at radius 3 is 2.57 bits per heavy atom. The summed E-state index contributed by atoms with van der Waals surface area (Å²) in [5.74, 6) is -0.410. The number of hydrazone groups is 1. The number of nitrogens with one attached hydrogen (secondary N) is 2. The van der Waals surface area contributed by atoms with E-state index in [0.29, 0.717) is 11.3 Å². The van der Waals surface area contributed by atoms with E-state index in [0.717, 1.165) is 22.0 Å². The zero-order valence-corrected chi connectivity index (χ0v) is 16.1. The molecule has 4 aromatic rings. The molecule has 0 radical (unpaired) electrons. The molecule has 0 unspecified atom stereocenters. The van der Waals surface area contributed by atoms with Gasteiger partial charge in [0.25, 0.3) is 5.91 Å². The molecular weight excluding hydrogens is 380 g/mol. The number of fused-ring (bicyclic) bond motifs is 1. The van der Waals surface area contributed by atoms with Crippen molar-refractivity contribution in [2.45, 2.75) is 6.92 Å². The van der Waals surface area contributed by atoms with Crippen LogP contribution in [0.5, 0.6) is 5.75 Å². The number of benzene rings is 3. The fourth-order valence-corrected chi connectivity index (χ4v) is 2.94. The second-order valence-electron chi connectivity index (χ2n) is 6.62. The second-order valence-corrected chi connectivity index (χ2v) is 6.62. The number of hydrogen-bond donors (Lipinski definition) is 2. The molecule has 0 saturated carbocycles. The summed E-state index contributed by atoms with van der Waals surface area (Å²) in [6.07, 6.45) is 1.49. The van der Waals surface area contributed by atoms with Gasteiger partial charge in [0.15, 0.2) is 5.69 Å². The van der Waals surface area contributed by atoms with Gasteiger partial charge in [-0.15, -0.1) is 0 Å². The van der Waals surface area contributed by atoms with Crippen LogP contribution >= 0.6 is 0 Å². The summed E-state index contributed by atoms with van der Waals surface area (Å²) >= 11 is 0. The minimum atomic E-state index is -0.422. The van der Waals surface area contributed by atoms with Crippen molar-refractivity contribution in [3.8, 4) is 5.75 Å². The second kappa shape index (κ2) is 8.40. The molecule has 0 atom stereocenters. The molecule has 0 spiro atoms. The van der Waals surface area contributed by atoms with Gasteiger partial charge >= 0.3 is 5.97 Å². The van der Waals surface area contributed by atoms with Gasteiger partial charge in [0.05, 0.1) is 11.8 Å². The van der Waals surface area contributed by atoms with E-state index >= 15 is 0 Å². The molecule has 1 aromatic heterocycles. The normalized spacial score (nSPS) is 11.0. The average molecular weight is 398 g/mol. The van der Waals surface area contributed by atoms with E-state index in [9.17, 15) is 9.59 Å². The number of ether oxygens (including phenoxy) is 1. The number of aromatic amines is 1. The van der Waals surface area contributed by atoms with Crippen molar-refractivity contribution in [3.05, 3.63) is 95.3 Å². The largest absolute Gasteiger partial charge is 0.423 e. The average Bonchev–Trinajstić information content (AvgIpc) is 3.21. The number of amides is 1. The zero-order valence-electron chi connectivity index (χ0n) is 16.1. The van der Waals surface area contributed by atoms with Crippen LogP contribution in [0.3, 0.4) is 0 Å². The first-order valence-electron chi connectivity index (χ1n) is 9.25. The van der Waals surface area contributed by atoms with Gasteiger partial charge in [0, 0.05) is 5.69 Å². The summed E-state index contributed by atoms with van der Waals surface area (Å²) in [5, 5.41) is 12.3. The minimum absolute atomic E-state index is 0.264. The van der Waals surface area contributed by atoms with Gasteiger partial charge in [-0.05, 0) is 59.7 Å². The molecule has 30 heavy (non-hydrogen) atoms. The topological polar surface area (TPSA) is 96.4 Å². The lowest BCUT2D eigenvalue weighted by Crippen LogP contribution is -2.18. The van der Waals surface area contributed by atoms with E-state index in [4.69, 9.17) is 4.74 Å². The number of carbonyl (C=O) groups is 2. The fourth-order valence-electron chi connectivity index (χ4n) is 2.94. The monoisotopic (exact) mass is 398 g/mol. The van der Waals surface area contributed by atoms with Crippen molar-refractivity contribution in [2.75, 3.05) is 0 Å². The van der Waals surface area contributed by atoms with Crippen LogP contribution in [0.25, 0.3) is 10.8 Å². The van der Waals surface area contributed by atoms with E-state index in [1.165, 1.54) is 6.21 Å². The molecule has 0 aliphatic rings. The van der Waals surface area contributed by atoms with Gasteiger partial charge < -0.3 is 4.74 Å². The molecule has 0 fully saturated rings. The lowest BCUT2D eigenvalue weighted by atomic mass is 10.0. The number of aromatic nitrogens is 2. The molecule has 148 valence electrons. The van der Waals surface area contributed by atoms with Crippen molar-refractivity contribution in [1.82, 2.24) is 15.6 Å². The van der Waals surface area contributed by atoms with Crippen molar-refractivity contribution >= 4 is 28.9 Å². The molecule has 7 heteroatoms. The highest BCUT2D eigenvalue weighted by Gasteiger charge is 2.12. The molecule has 4 rings (SSSR count). The molecule has 2 N–H and O–H groups in total. The highest BCUT2D eigenvalue weighted by Crippen LogP contribution is 2.21. The van der Waals surface area contributed by atoms with Crippen molar-refractivity contribution in [3.63, 3.8) is 0 Å². The predicted molar refractivity (Wildman–Crippen MR) is 114 cm³/mol. The molecule has 3 aromatic carbocycles. The Balaban J connectivity index is 1.39. The van der Waals surface area contributed by atoms with Crippen molar-refractivity contribution in [2.24, 2.45) is 5.10 Å². The zero-order chi connectivity index (χ0) is 20.9. The van der Waals surface area contributed by atoms with Crippen LogP contribution in [0, 0.1) is 6.92 Å². The quantitative estimate of drug-likeness (QED) is 0.231. The SMILES string of the molecule is Cc1cc(C(=O)N/N=C\c2ccc(OC(=O)c3cccc4ccccc34)cc2)n[nH]1. The maximum atomic E-state index is 12.6. The smallest absolute Gasteiger partial charge is 0.344 e. The van der Waals surface area contributed by atoms with Gasteiger partial charge in [0.1, 0.15) is 5.75 Å². The molecule has 0 saturated heterocycles. The number of H-pyrrole nitrogens is 1. The Labute approximate surface area is 172 Å². The summed E-state index contributed by atoms with van der Waals surface area (Å²) in [5.41, 5.74) is 4.71. The van der Waals surface area contributed by atoms with Gasteiger partial charge in [-0.2, -0.15) is 10.2 Å². The molecule has 0 aliphatic carbocycles. The van der Waals surface area contributed by atoms with Crippen LogP contribution in [0.2, 0.25) is 0 Å². The molecule has 0 bridgehead atoms. The summed E-state index contributed by atoms with van der Waals surface area (Å²) in [4.78, 5) is 24.5. The number of aryl methyl sites for hydroxylation is 1. The van der Waals surface area contributed by atoms with E-state index in [-0.39, 0.29) is 5.69 Å². The minimum Gasteiger partial charge on any atom is -0.423 e. The summed E-state index contributed by atoms with van der Waals surface area (Å²) < 4.78 is 5.50. The lowest BCUT2D eigenvalue weighted by molar-refractivity contribution is 0.0736. The third kappa shape index (κ3) is 4.25. The number of hydrogen-bond acceptors (Lipinski definition) is 5. The molecular formula is C23H18N4O3. The Bertz CT molecular complexity index is 1240. The van der Waals surface area contributed by atoms with E-state index < -0.39 is 11.9 Å². The Morgan fingerprint density at radius 2 is 1.80 bits per heavy atom. The van der Waals surface area contributed by atoms with Crippen molar-refractivity contribution < 1.29 is 14.3 Å². The number of carbonyl (C=O) groups excluding carboxylic acids is 2. The Morgan fingerprint density at radius 1 is 1.03 bits per heavy atom. The van der Waals surface area contributed by atoms with Crippen LogP contribution < -0.4 is 10.2 Å². The van der Waals surface area contributed by atoms with E-state index in [2.05, 4.69) is 20.7 Å². The molecule has 7 nitrogen and oxygen atoms in total. The van der Waals surface area contributed by atoms with Crippen LogP contribution in [-0.2, 0) is 0 Å². The highest BCUT2D eigenvalue weighted by atomic mass is 16.5. The maximum Gasteiger partial charge on any atom is 0.344 e. The summed E-state index contributed by atoms with van der Waals surface area (Å²) in [6, 6.07) is 21.6. The van der Waals surface area contributed by atoms with Crippen LogP contribution in [0.1, 0.15) is 32.1 Å². The Hall–Kier alpha value is -4.26. The third-order valence-corrected chi connectivity index (χ3v) is 4.42. The third-order valence-electron chi connectivity index (χ3n) is 4.42. The van der Waals surface area contributed by atoms with Gasteiger partial charge in [-0.25, -0.2) is 10.2 Å². The molecule has 0 aliphatic heterocycles. The van der Waals surface area contributed by atoms with Crippen LogP contribution in [-0.4, -0.2) is 28.3 Å². The molecule has 1 heterocycles. The summed E-state index contributed by atoms with van der Waals surface area (Å²) in [7, 11) is 0. The number of rotatable bonds is 5. The standard InChI is InChI=1S/C23H18N4O3/c1-15-13-21(26-25-15)22(28)27-24-14-16-9-11-18(12-10-16)30-23(29)20-8-4-6-17-5-2-3-7-19(17)20/h2-14H,1H3,(H,25,26)(H,27,28)/b24-14-. The fraction of sp³-hybridized carbons (Fsp3) is 0.0435. The first kappa shape index (κ1) is 19.1. The van der Waals surface area contributed by atoms with Crippen molar-refractivity contribution in [1.29, 1.82) is 0 Å². The van der Waals surface area contributed by atoms with E-state index in [1.807, 2.05) is 43.3 Å². The summed E-state index contributed by atoms with van der Waals surface area (Å²) in [6.45, 7) is 1.81. The number of esters is 1. The van der Waals surface area contributed by atoms with Crippen LogP contribution in [0.15, 0.2) is 77.9 Å². The number of nitrogens with zero attached hydrogens (tertiary/aromatic N) is 2. The highest BCUT2D eigenvalue weighted by molar-refractivity contribution is 6.05. The first-order chi connectivity index (χ1) is 14.6. The van der Waals surface area contributed by atoms with Crippen LogP contribution in [0.4, 0.5) is 0 Å². The van der Waals surface area contributed by atoms with Gasteiger partial charge in [-0.3, -0.25) is 9.89 Å². The molecule has 1 amide bonds. The lowest BCUT2D eigenvalue weighted by Gasteiger charge is -2.07. The van der Waals surface area contributed by atoms with Gasteiger partial charge in [-0.1, -0.05) is 36.4 Å². The van der Waals surface area contributed by atoms with Gasteiger partial charge in [0.2, 0.25) is 0 Å². The Kier molecular flexibility index (Phi) is 5.34. The maximum absolute atomic E-state index is 12.6. The van der Waals surface area contributed by atoms with E-state index in [1.54, 1.807) is 36.4 Å². The predicted octanol–water partition coefficient (Wildman–Crippen LogP) is 3.85.